The molecule has 1 aliphatic heterocycles. The lowest BCUT2D eigenvalue weighted by atomic mass is 10.2. The second-order valence-corrected chi connectivity index (χ2v) is 11.8. The Bertz CT molecular complexity index is 1470. The SMILES string of the molecule is C(#Cc1ccccc1)CN1CCN(CC#Cc2ccccc2)CCN(CC#Cc2ccccc2)CCN(CC#Cc2ccccc2)CC1. The summed E-state index contributed by atoms with van der Waals surface area (Å²) in [6.45, 7) is 10.3. The fourth-order valence-corrected chi connectivity index (χ4v) is 5.31. The number of rotatable bonds is 4. The highest BCUT2D eigenvalue weighted by atomic mass is 15.3. The van der Waals surface area contributed by atoms with Crippen molar-refractivity contribution >= 4 is 0 Å². The first kappa shape index (κ1) is 34.3. The second kappa shape index (κ2) is 20.3. The maximum absolute atomic E-state index is 3.45. The van der Waals surface area contributed by atoms with E-state index in [1.54, 1.807) is 0 Å². The van der Waals surface area contributed by atoms with Gasteiger partial charge < -0.3 is 0 Å². The van der Waals surface area contributed by atoms with Crippen molar-refractivity contribution in [3.63, 3.8) is 0 Å². The van der Waals surface area contributed by atoms with E-state index in [0.717, 1.165) is 101 Å². The average Bonchev–Trinajstić information content (AvgIpc) is 3.13. The highest BCUT2D eigenvalue weighted by molar-refractivity contribution is 5.36. The summed E-state index contributed by atoms with van der Waals surface area (Å²) in [6, 6.07) is 41.0. The van der Waals surface area contributed by atoms with Gasteiger partial charge in [0, 0.05) is 74.6 Å². The van der Waals surface area contributed by atoms with Gasteiger partial charge in [0.15, 0.2) is 0 Å². The van der Waals surface area contributed by atoms with Gasteiger partial charge in [-0.1, -0.05) is 120 Å². The van der Waals surface area contributed by atoms with E-state index in [1.165, 1.54) is 0 Å². The van der Waals surface area contributed by atoms with Crippen molar-refractivity contribution < 1.29 is 0 Å². The summed E-state index contributed by atoms with van der Waals surface area (Å²) < 4.78 is 0. The highest BCUT2D eigenvalue weighted by Gasteiger charge is 2.15. The standard InChI is InChI=1S/C44H44N4/c1-5-17-41(18-6-1)25-13-29-45-33-35-46(30-14-26-42-19-7-2-8-20-42)37-39-48(32-16-28-44-23-11-4-12-24-44)40-38-47(36-34-45)31-15-27-43-21-9-3-10-22-43/h1-12,17-24H,29-40H2. The predicted octanol–water partition coefficient (Wildman–Crippen LogP) is 5.41. The van der Waals surface area contributed by atoms with Crippen molar-refractivity contribution in [3.05, 3.63) is 144 Å². The van der Waals surface area contributed by atoms with Gasteiger partial charge in [0.05, 0.1) is 26.2 Å². The molecular weight excluding hydrogens is 585 g/mol. The van der Waals surface area contributed by atoms with Crippen LogP contribution in [-0.2, 0) is 0 Å². The monoisotopic (exact) mass is 628 g/mol. The Morgan fingerprint density at radius 3 is 0.667 bits per heavy atom. The first-order valence-corrected chi connectivity index (χ1v) is 16.9. The quantitative estimate of drug-likeness (QED) is 0.280. The minimum Gasteiger partial charge on any atom is -0.290 e. The van der Waals surface area contributed by atoms with Gasteiger partial charge in [0.25, 0.3) is 0 Å². The van der Waals surface area contributed by atoms with Crippen molar-refractivity contribution in [2.45, 2.75) is 0 Å². The van der Waals surface area contributed by atoms with Crippen molar-refractivity contribution in [1.29, 1.82) is 0 Å². The lowest BCUT2D eigenvalue weighted by Gasteiger charge is -2.32. The van der Waals surface area contributed by atoms with Crippen LogP contribution in [0.15, 0.2) is 121 Å². The third-order valence-electron chi connectivity index (χ3n) is 8.17. The molecule has 48 heavy (non-hydrogen) atoms. The molecule has 4 heteroatoms. The molecule has 0 bridgehead atoms. The zero-order valence-electron chi connectivity index (χ0n) is 27.8. The summed E-state index contributed by atoms with van der Waals surface area (Å²) in [4.78, 5) is 9.93. The Morgan fingerprint density at radius 2 is 0.479 bits per heavy atom. The smallest absolute Gasteiger partial charge is 0.0606 e. The Hall–Kier alpha value is -5.04. The molecular formula is C44H44N4. The second-order valence-electron chi connectivity index (χ2n) is 11.8. The third-order valence-corrected chi connectivity index (χ3v) is 8.17. The molecule has 0 amide bonds. The molecule has 5 rings (SSSR count). The molecule has 0 unspecified atom stereocenters. The molecule has 0 saturated carbocycles. The highest BCUT2D eigenvalue weighted by Crippen LogP contribution is 2.03. The maximum atomic E-state index is 3.45. The van der Waals surface area contributed by atoms with Crippen LogP contribution in [0.1, 0.15) is 22.3 Å². The molecule has 0 N–H and O–H groups in total. The van der Waals surface area contributed by atoms with E-state index in [9.17, 15) is 0 Å². The van der Waals surface area contributed by atoms with Crippen LogP contribution in [0.2, 0.25) is 0 Å². The Kier molecular flexibility index (Phi) is 14.5. The molecule has 1 aliphatic rings. The summed E-state index contributed by atoms with van der Waals surface area (Å²) in [7, 11) is 0. The number of hydrogen-bond acceptors (Lipinski definition) is 4. The summed E-state index contributed by atoms with van der Waals surface area (Å²) in [6.07, 6.45) is 0. The van der Waals surface area contributed by atoms with Crippen LogP contribution >= 0.6 is 0 Å². The van der Waals surface area contributed by atoms with Crippen molar-refractivity contribution in [3.8, 4) is 47.4 Å². The zero-order chi connectivity index (χ0) is 32.9. The van der Waals surface area contributed by atoms with Gasteiger partial charge in [0.1, 0.15) is 0 Å². The van der Waals surface area contributed by atoms with Crippen molar-refractivity contribution in [2.24, 2.45) is 0 Å². The van der Waals surface area contributed by atoms with Gasteiger partial charge >= 0.3 is 0 Å². The number of nitrogens with zero attached hydrogens (tertiary/aromatic N) is 4. The van der Waals surface area contributed by atoms with Crippen LogP contribution in [0.3, 0.4) is 0 Å². The lowest BCUT2D eigenvalue weighted by molar-refractivity contribution is 0.157. The van der Waals surface area contributed by atoms with Gasteiger partial charge in [-0.15, -0.1) is 0 Å². The summed E-state index contributed by atoms with van der Waals surface area (Å²) in [5, 5.41) is 0. The third kappa shape index (κ3) is 13.0. The van der Waals surface area contributed by atoms with Crippen LogP contribution in [-0.4, -0.2) is 98.1 Å². The average molecular weight is 629 g/mol. The summed E-state index contributed by atoms with van der Waals surface area (Å²) >= 11 is 0. The van der Waals surface area contributed by atoms with Crippen molar-refractivity contribution in [1.82, 2.24) is 19.6 Å². The first-order valence-electron chi connectivity index (χ1n) is 16.9. The molecule has 4 aromatic rings. The Labute approximate surface area is 288 Å². The van der Waals surface area contributed by atoms with E-state index in [0.29, 0.717) is 0 Å². The molecule has 0 aromatic heterocycles. The molecule has 240 valence electrons. The zero-order valence-corrected chi connectivity index (χ0v) is 27.8. The van der Waals surface area contributed by atoms with Gasteiger partial charge in [-0.3, -0.25) is 19.6 Å². The van der Waals surface area contributed by atoms with E-state index >= 15 is 0 Å². The largest absolute Gasteiger partial charge is 0.290 e. The fraction of sp³-hybridized carbons (Fsp3) is 0.273. The summed E-state index contributed by atoms with van der Waals surface area (Å²) in [5.74, 6) is 27.2. The molecule has 0 atom stereocenters. The normalized spacial score (nSPS) is 15.0. The number of benzene rings is 4. The molecule has 0 radical (unpaired) electrons. The molecule has 4 nitrogen and oxygen atoms in total. The molecule has 1 saturated heterocycles. The predicted molar refractivity (Wildman–Crippen MR) is 199 cm³/mol. The number of hydrogen-bond donors (Lipinski definition) is 0. The fourth-order valence-electron chi connectivity index (χ4n) is 5.31. The van der Waals surface area contributed by atoms with Crippen LogP contribution in [0, 0.1) is 47.4 Å². The van der Waals surface area contributed by atoms with Gasteiger partial charge in [-0.2, -0.15) is 0 Å². The maximum Gasteiger partial charge on any atom is 0.0606 e. The molecule has 4 aromatic carbocycles. The van der Waals surface area contributed by atoms with Crippen LogP contribution in [0.5, 0.6) is 0 Å². The lowest BCUT2D eigenvalue weighted by Crippen LogP contribution is -2.46. The van der Waals surface area contributed by atoms with E-state index in [-0.39, 0.29) is 0 Å². The minimum absolute atomic E-state index is 0.725. The molecule has 0 spiro atoms. The minimum atomic E-state index is 0.725. The first-order chi connectivity index (χ1) is 23.8. The van der Waals surface area contributed by atoms with E-state index < -0.39 is 0 Å². The molecule has 1 heterocycles. The van der Waals surface area contributed by atoms with Gasteiger partial charge in [-0.05, 0) is 48.5 Å². The van der Waals surface area contributed by atoms with E-state index in [1.807, 2.05) is 72.8 Å². The van der Waals surface area contributed by atoms with E-state index in [2.05, 4.69) is 115 Å². The van der Waals surface area contributed by atoms with Crippen molar-refractivity contribution in [2.75, 3.05) is 78.5 Å². The van der Waals surface area contributed by atoms with Crippen LogP contribution in [0.25, 0.3) is 0 Å². The van der Waals surface area contributed by atoms with Gasteiger partial charge in [-0.25, -0.2) is 0 Å². The van der Waals surface area contributed by atoms with Crippen LogP contribution in [0.4, 0.5) is 0 Å². The summed E-state index contributed by atoms with van der Waals surface area (Å²) in [5.41, 5.74) is 4.21. The molecule has 1 fully saturated rings. The van der Waals surface area contributed by atoms with E-state index in [4.69, 9.17) is 0 Å². The molecule has 0 aliphatic carbocycles. The van der Waals surface area contributed by atoms with Gasteiger partial charge in [0.2, 0.25) is 0 Å². The van der Waals surface area contributed by atoms with Crippen LogP contribution < -0.4 is 0 Å². The Morgan fingerprint density at radius 1 is 0.292 bits per heavy atom. The Balaban J connectivity index is 1.31. The topological polar surface area (TPSA) is 13.0 Å².